The van der Waals surface area contributed by atoms with E-state index in [1.807, 2.05) is 42.5 Å². The second kappa shape index (κ2) is 20.1. The first-order valence-electron chi connectivity index (χ1n) is 22.6. The summed E-state index contributed by atoms with van der Waals surface area (Å²) < 4.78 is 72.5. The Morgan fingerprint density at radius 1 is 1.00 bits per heavy atom. The van der Waals surface area contributed by atoms with Crippen molar-refractivity contribution in [2.24, 2.45) is 11.8 Å². The van der Waals surface area contributed by atoms with E-state index in [-0.39, 0.29) is 31.2 Å². The number of carbonyl (C=O) groups excluding carboxylic acids is 3. The predicted octanol–water partition coefficient (Wildman–Crippen LogP) is 6.61. The van der Waals surface area contributed by atoms with Crippen LogP contribution in [0.1, 0.15) is 95.5 Å². The topological polar surface area (TPSA) is 193 Å². The molecule has 5 atom stereocenters. The first kappa shape index (κ1) is 47.7. The van der Waals surface area contributed by atoms with Crippen molar-refractivity contribution in [1.29, 1.82) is 0 Å². The van der Waals surface area contributed by atoms with Gasteiger partial charge in [0, 0.05) is 35.4 Å². The largest absolute Gasteiger partial charge is 0.496 e. The minimum absolute atomic E-state index is 0.137. The normalized spacial score (nSPS) is 25.5. The summed E-state index contributed by atoms with van der Waals surface area (Å²) in [7, 11) is -2.17. The molecular weight excluding hydrogens is 868 g/mol. The van der Waals surface area contributed by atoms with Gasteiger partial charge in [-0.1, -0.05) is 74.9 Å². The third-order valence-electron chi connectivity index (χ3n) is 13.3. The Kier molecular flexibility index (Phi) is 14.8. The van der Waals surface area contributed by atoms with E-state index in [4.69, 9.17) is 24.4 Å². The van der Waals surface area contributed by atoms with E-state index in [1.165, 1.54) is 0 Å². The summed E-state index contributed by atoms with van der Waals surface area (Å²) >= 11 is 0. The van der Waals surface area contributed by atoms with Gasteiger partial charge in [0.2, 0.25) is 21.8 Å². The molecule has 65 heavy (non-hydrogen) atoms. The predicted molar refractivity (Wildman–Crippen MR) is 236 cm³/mol. The van der Waals surface area contributed by atoms with Gasteiger partial charge in [0.25, 0.3) is 5.91 Å². The minimum atomic E-state index is -5.08. The summed E-state index contributed by atoms with van der Waals surface area (Å²) in [6.07, 6.45) is 8.44. The highest BCUT2D eigenvalue weighted by molar-refractivity contribution is 7.91. The number of nitrogens with one attached hydrogen (secondary N) is 3. The van der Waals surface area contributed by atoms with Gasteiger partial charge in [-0.25, -0.2) is 18.2 Å². The number of pyridine rings is 1. The van der Waals surface area contributed by atoms with Crippen LogP contribution in [0.15, 0.2) is 61.2 Å². The molecule has 4 fully saturated rings. The molecule has 3 aliphatic carbocycles. The Labute approximate surface area is 377 Å². The Hall–Kier alpha value is -5.23. The molecule has 3 aromatic rings. The molecule has 2 aromatic carbocycles. The highest BCUT2D eigenvalue weighted by atomic mass is 32.2. The molecule has 18 heteroatoms. The number of amides is 3. The third-order valence-corrected chi connectivity index (χ3v) is 15.1. The zero-order valence-electron chi connectivity index (χ0n) is 36.5. The summed E-state index contributed by atoms with van der Waals surface area (Å²) in [6, 6.07) is 14.5. The molecule has 5 aliphatic rings. The molecule has 1 saturated heterocycles. The number of hydrogen-bond donors (Lipinski definition) is 4. The fourth-order valence-electron chi connectivity index (χ4n) is 9.41. The van der Waals surface area contributed by atoms with Gasteiger partial charge >= 0.3 is 12.1 Å². The van der Waals surface area contributed by atoms with E-state index >= 15 is 0 Å². The van der Waals surface area contributed by atoms with Crippen LogP contribution in [0.25, 0.3) is 22.2 Å². The third kappa shape index (κ3) is 11.2. The summed E-state index contributed by atoms with van der Waals surface area (Å²) in [5.74, 6) is -3.10. The van der Waals surface area contributed by atoms with Crippen LogP contribution in [0.3, 0.4) is 0 Å². The molecule has 1 aromatic heterocycles. The lowest BCUT2D eigenvalue weighted by Crippen LogP contribution is -2.59. The minimum Gasteiger partial charge on any atom is -0.496 e. The smallest absolute Gasteiger partial charge is 0.490 e. The summed E-state index contributed by atoms with van der Waals surface area (Å²) in [5.41, 5.74) is 1.96. The van der Waals surface area contributed by atoms with Crippen LogP contribution in [0.4, 0.5) is 13.2 Å². The summed E-state index contributed by atoms with van der Waals surface area (Å²) in [5, 5.41) is 14.0. The van der Waals surface area contributed by atoms with E-state index in [9.17, 15) is 36.0 Å². The van der Waals surface area contributed by atoms with E-state index < -0.39 is 68.9 Å². The first-order valence-corrected chi connectivity index (χ1v) is 24.2. The van der Waals surface area contributed by atoms with Gasteiger partial charge in [0.15, 0.2) is 0 Å². The van der Waals surface area contributed by atoms with Gasteiger partial charge in [-0.3, -0.25) is 19.1 Å². The van der Waals surface area contributed by atoms with Gasteiger partial charge < -0.3 is 30.1 Å². The number of fused-ring (bicyclic) bond motifs is 3. The van der Waals surface area contributed by atoms with Crippen molar-refractivity contribution in [2.75, 3.05) is 20.2 Å². The molecule has 14 nitrogen and oxygen atoms in total. The number of alkyl halides is 3. The molecule has 0 unspecified atom stereocenters. The van der Waals surface area contributed by atoms with Crippen molar-refractivity contribution in [3.05, 3.63) is 66.7 Å². The molecular formula is C47H58F3N5O9S. The Bertz CT molecular complexity index is 2360. The van der Waals surface area contributed by atoms with E-state index in [0.29, 0.717) is 30.7 Å². The number of carboxylic acid groups (broad SMARTS) is 1. The number of ether oxygens (including phenoxy) is 2. The molecule has 352 valence electrons. The molecule has 0 radical (unpaired) electrons. The molecule has 8 rings (SSSR count). The number of nitrogens with zero attached hydrogens (tertiary/aromatic N) is 2. The Balaban J connectivity index is 0.000000833. The maximum Gasteiger partial charge on any atom is 0.490 e. The number of aliphatic carboxylic acids is 1. The lowest BCUT2D eigenvalue weighted by molar-refractivity contribution is -0.192. The van der Waals surface area contributed by atoms with Gasteiger partial charge in [-0.05, 0) is 75.5 Å². The number of hydrogen-bond acceptors (Lipinski definition) is 10. The molecule has 2 aliphatic heterocycles. The lowest BCUT2D eigenvalue weighted by Gasteiger charge is -2.35. The van der Waals surface area contributed by atoms with Crippen molar-refractivity contribution in [3.8, 4) is 22.8 Å². The van der Waals surface area contributed by atoms with Crippen LogP contribution in [0.2, 0.25) is 0 Å². The zero-order valence-corrected chi connectivity index (χ0v) is 37.4. The second-order valence-electron chi connectivity index (χ2n) is 17.9. The number of carboxylic acids is 1. The van der Waals surface area contributed by atoms with Crippen LogP contribution in [0.5, 0.6) is 11.5 Å². The van der Waals surface area contributed by atoms with Crippen LogP contribution in [-0.4, -0.2) is 102 Å². The van der Waals surface area contributed by atoms with Gasteiger partial charge in [-0.2, -0.15) is 13.2 Å². The van der Waals surface area contributed by atoms with E-state index in [1.54, 1.807) is 18.1 Å². The number of benzene rings is 2. The lowest BCUT2D eigenvalue weighted by atomic mass is 9.83. The van der Waals surface area contributed by atoms with Crippen molar-refractivity contribution < 1.29 is 55.3 Å². The monoisotopic (exact) mass is 925 g/mol. The number of carbonyl (C=O) groups is 4. The fourth-order valence-corrected chi connectivity index (χ4v) is 10.8. The quantitative estimate of drug-likeness (QED) is 0.169. The van der Waals surface area contributed by atoms with Crippen LogP contribution in [-0.2, 0) is 35.6 Å². The molecule has 3 amide bonds. The molecule has 4 bridgehead atoms. The average molecular weight is 926 g/mol. The number of methoxy groups -OCH3 is 1. The van der Waals surface area contributed by atoms with Crippen LogP contribution < -0.4 is 24.8 Å². The number of aryl methyl sites for hydroxylation is 1. The maximum atomic E-state index is 15.0. The summed E-state index contributed by atoms with van der Waals surface area (Å²) in [4.78, 5) is 58.9. The zero-order chi connectivity index (χ0) is 46.5. The Morgan fingerprint density at radius 3 is 2.32 bits per heavy atom. The Morgan fingerprint density at radius 2 is 1.68 bits per heavy atom. The number of rotatable bonds is 9. The molecule has 3 heterocycles. The van der Waals surface area contributed by atoms with Gasteiger partial charge in [0.05, 0.1) is 36.2 Å². The SMILES string of the molecule is C=C[C@@H]1C[C@]1(NC(=O)[C@@H]1C[C@@H]2CN1C(=O)[C@H](C1CCCCC1)NCCCCCCCc1cc3c(cc(-c4ccccc4)nc3cc1OC)O2)C(=O)NS(=O)(=O)C1CC1.O=C(O)C(F)(F)F. The van der Waals surface area contributed by atoms with Gasteiger partial charge in [0.1, 0.15) is 29.2 Å². The standard InChI is InChI=1S/C45H57N5O7S.C2HF3O2/c1-3-32-27-45(32,44(53)49-58(54,55)34-20-21-34)48-42(51)38-24-33-28-50(38)43(52)41(30-17-12-8-13-18-30)46-22-14-6-4-5-9-19-31-23-35-37(26-39(31)56-2)47-36(25-40(35)57-33)29-15-10-7-11-16-29;3-2(4,5)1(6)7/h3,7,10-11,15-16,23,25-26,30,32-34,38,41,46H,1,4-6,8-9,12-14,17-22,24,27-28H2,2H3,(H,48,51)(H,49,53);(H,6,7)/t32-,33-,38+,41+,45-;/m1./s1. The molecule has 4 N–H and O–H groups in total. The van der Waals surface area contributed by atoms with Crippen molar-refractivity contribution in [2.45, 2.75) is 131 Å². The van der Waals surface area contributed by atoms with Crippen molar-refractivity contribution >= 4 is 44.6 Å². The van der Waals surface area contributed by atoms with Crippen LogP contribution in [0, 0.1) is 11.8 Å². The highest BCUT2D eigenvalue weighted by Crippen LogP contribution is 2.46. The van der Waals surface area contributed by atoms with Crippen molar-refractivity contribution in [1.82, 2.24) is 25.2 Å². The van der Waals surface area contributed by atoms with E-state index in [2.05, 4.69) is 28.0 Å². The number of sulfonamides is 1. The second-order valence-corrected chi connectivity index (χ2v) is 19.8. The van der Waals surface area contributed by atoms with Gasteiger partial charge in [-0.15, -0.1) is 6.58 Å². The van der Waals surface area contributed by atoms with E-state index in [0.717, 1.165) is 98.6 Å². The van der Waals surface area contributed by atoms with Crippen molar-refractivity contribution in [3.63, 3.8) is 0 Å². The first-order chi connectivity index (χ1) is 31.0. The highest BCUT2D eigenvalue weighted by Gasteiger charge is 2.62. The van der Waals surface area contributed by atoms with Crippen LogP contribution >= 0.6 is 0 Å². The number of halogens is 3. The number of aromatic nitrogens is 1. The maximum absolute atomic E-state index is 15.0. The molecule has 3 saturated carbocycles. The summed E-state index contributed by atoms with van der Waals surface area (Å²) in [6.45, 7) is 4.72. The average Bonchev–Trinajstić information content (AvgIpc) is 4.22. The fraction of sp³-hybridized carbons (Fsp3) is 0.553. The molecule has 0 spiro atoms.